The smallest absolute Gasteiger partial charge is 0.221 e. The Labute approximate surface area is 165 Å². The number of para-hydroxylation sites is 1. The van der Waals surface area contributed by atoms with Crippen LogP contribution < -0.4 is 5.32 Å². The molecule has 3 nitrogen and oxygen atoms in total. The van der Waals surface area contributed by atoms with Crippen molar-refractivity contribution in [2.24, 2.45) is 0 Å². The fourth-order valence-electron chi connectivity index (χ4n) is 3.93. The average Bonchev–Trinajstić information content (AvgIpc) is 3.08. The van der Waals surface area contributed by atoms with E-state index in [4.69, 9.17) is 0 Å². The molecule has 3 aromatic carbocycles. The number of fused-ring (bicyclic) bond motifs is 1. The van der Waals surface area contributed by atoms with Gasteiger partial charge in [-0.05, 0) is 19.9 Å². The Kier molecular flexibility index (Phi) is 5.09. The Bertz CT molecular complexity index is 1040. The molecule has 0 unspecified atom stereocenters. The molecule has 28 heavy (non-hydrogen) atoms. The minimum atomic E-state index is -0.205. The Morgan fingerprint density at radius 1 is 0.821 bits per heavy atom. The molecule has 140 valence electrons. The van der Waals surface area contributed by atoms with Crippen LogP contribution in [0, 0.1) is 6.92 Å². The summed E-state index contributed by atoms with van der Waals surface area (Å²) in [4.78, 5) is 16.7. The van der Waals surface area contributed by atoms with Crippen molar-refractivity contribution in [3.05, 3.63) is 107 Å². The predicted molar refractivity (Wildman–Crippen MR) is 113 cm³/mol. The summed E-state index contributed by atoms with van der Waals surface area (Å²) in [5, 5.41) is 3.18. The standard InChI is InChI=1S/C25H24N2O/c1-17-23(21-15-9-10-16-22(21)26-17)25(28)18(2)27-24(19-11-5-3-6-12-19)20-13-7-4-8-14-20/h3-16,18,24,26-27H,1-2H3/p+1/t18-/m1/s1. The van der Waals surface area contributed by atoms with Crippen LogP contribution in [0.15, 0.2) is 84.9 Å². The molecule has 0 aliphatic carbocycles. The average molecular weight is 369 g/mol. The van der Waals surface area contributed by atoms with Crippen LogP contribution in [0.3, 0.4) is 0 Å². The SMILES string of the molecule is Cc1[nH]c2ccccc2c1C(=O)[C@@H](C)[NH2+]C(c1ccccc1)c1ccccc1. The third-order valence-electron chi connectivity index (χ3n) is 5.35. The van der Waals surface area contributed by atoms with E-state index in [1.807, 2.05) is 50.2 Å². The number of hydrogen-bond donors (Lipinski definition) is 2. The summed E-state index contributed by atoms with van der Waals surface area (Å²) in [6, 6.07) is 28.6. The number of carbonyl (C=O) groups excluding carboxylic acids is 1. The van der Waals surface area contributed by atoms with Gasteiger partial charge in [-0.2, -0.15) is 0 Å². The van der Waals surface area contributed by atoms with E-state index in [0.717, 1.165) is 22.2 Å². The van der Waals surface area contributed by atoms with E-state index >= 15 is 0 Å². The number of carbonyl (C=O) groups is 1. The highest BCUT2D eigenvalue weighted by Crippen LogP contribution is 2.23. The van der Waals surface area contributed by atoms with Crippen LogP contribution in [-0.2, 0) is 0 Å². The Morgan fingerprint density at radius 3 is 1.96 bits per heavy atom. The fraction of sp³-hybridized carbons (Fsp3) is 0.160. The van der Waals surface area contributed by atoms with Crippen LogP contribution in [0.2, 0.25) is 0 Å². The minimum absolute atomic E-state index is 0.0758. The lowest BCUT2D eigenvalue weighted by atomic mass is 9.96. The number of nitrogens with two attached hydrogens (primary N) is 1. The molecule has 0 bridgehead atoms. The first-order valence-electron chi connectivity index (χ1n) is 9.71. The van der Waals surface area contributed by atoms with Crippen molar-refractivity contribution in [2.45, 2.75) is 25.9 Å². The van der Waals surface area contributed by atoms with E-state index < -0.39 is 0 Å². The molecule has 0 amide bonds. The maximum Gasteiger partial charge on any atom is 0.221 e. The molecule has 4 rings (SSSR count). The zero-order valence-corrected chi connectivity index (χ0v) is 16.2. The quantitative estimate of drug-likeness (QED) is 0.486. The zero-order chi connectivity index (χ0) is 19.5. The zero-order valence-electron chi connectivity index (χ0n) is 16.2. The van der Waals surface area contributed by atoms with Crippen molar-refractivity contribution in [1.82, 2.24) is 4.98 Å². The highest BCUT2D eigenvalue weighted by atomic mass is 16.1. The van der Waals surface area contributed by atoms with Crippen molar-refractivity contribution in [3.8, 4) is 0 Å². The van der Waals surface area contributed by atoms with Crippen molar-refractivity contribution < 1.29 is 10.1 Å². The number of H-pyrrole nitrogens is 1. The van der Waals surface area contributed by atoms with E-state index in [1.54, 1.807) is 0 Å². The summed E-state index contributed by atoms with van der Waals surface area (Å²) in [6.45, 7) is 3.98. The first-order valence-corrected chi connectivity index (χ1v) is 9.71. The lowest BCUT2D eigenvalue weighted by Crippen LogP contribution is -2.92. The second-order valence-electron chi connectivity index (χ2n) is 7.31. The van der Waals surface area contributed by atoms with Gasteiger partial charge in [0.1, 0.15) is 12.1 Å². The molecule has 1 atom stereocenters. The number of aromatic nitrogens is 1. The van der Waals surface area contributed by atoms with Gasteiger partial charge in [0.25, 0.3) is 0 Å². The number of nitrogens with one attached hydrogen (secondary N) is 1. The summed E-state index contributed by atoms with van der Waals surface area (Å²) in [6.07, 6.45) is 0. The van der Waals surface area contributed by atoms with Crippen LogP contribution in [0.1, 0.15) is 40.1 Å². The highest BCUT2D eigenvalue weighted by molar-refractivity contribution is 6.10. The van der Waals surface area contributed by atoms with Gasteiger partial charge in [0.05, 0.1) is 5.56 Å². The maximum atomic E-state index is 13.4. The molecular formula is C25H25N2O+. The van der Waals surface area contributed by atoms with Crippen LogP contribution in [0.25, 0.3) is 10.9 Å². The van der Waals surface area contributed by atoms with Gasteiger partial charge in [0, 0.05) is 27.7 Å². The second-order valence-corrected chi connectivity index (χ2v) is 7.31. The highest BCUT2D eigenvalue weighted by Gasteiger charge is 2.28. The van der Waals surface area contributed by atoms with Crippen LogP contribution >= 0.6 is 0 Å². The largest absolute Gasteiger partial charge is 0.358 e. The van der Waals surface area contributed by atoms with Gasteiger partial charge < -0.3 is 10.3 Å². The van der Waals surface area contributed by atoms with Gasteiger partial charge in [0.2, 0.25) is 5.78 Å². The van der Waals surface area contributed by atoms with Gasteiger partial charge in [-0.25, -0.2) is 0 Å². The summed E-state index contributed by atoms with van der Waals surface area (Å²) in [5.74, 6) is 0.159. The summed E-state index contributed by atoms with van der Waals surface area (Å²) >= 11 is 0. The predicted octanol–water partition coefficient (Wildman–Crippen LogP) is 4.40. The van der Waals surface area contributed by atoms with Gasteiger partial charge >= 0.3 is 0 Å². The first kappa shape index (κ1) is 18.2. The van der Waals surface area contributed by atoms with E-state index in [0.29, 0.717) is 0 Å². The number of rotatable bonds is 6. The van der Waals surface area contributed by atoms with Crippen molar-refractivity contribution in [3.63, 3.8) is 0 Å². The number of quaternary nitrogens is 1. The topological polar surface area (TPSA) is 49.5 Å². The number of aromatic amines is 1. The van der Waals surface area contributed by atoms with Gasteiger partial charge in [-0.3, -0.25) is 4.79 Å². The molecule has 0 aliphatic rings. The van der Waals surface area contributed by atoms with Gasteiger partial charge in [0.15, 0.2) is 0 Å². The number of hydrogen-bond acceptors (Lipinski definition) is 1. The monoisotopic (exact) mass is 369 g/mol. The second kappa shape index (κ2) is 7.83. The summed E-state index contributed by atoms with van der Waals surface area (Å²) in [7, 11) is 0. The Morgan fingerprint density at radius 2 is 1.36 bits per heavy atom. The first-order chi connectivity index (χ1) is 13.6. The normalized spacial score (nSPS) is 12.4. The summed E-state index contributed by atoms with van der Waals surface area (Å²) < 4.78 is 0. The van der Waals surface area contributed by atoms with Crippen LogP contribution in [0.5, 0.6) is 0 Å². The van der Waals surface area contributed by atoms with Gasteiger partial charge in [-0.1, -0.05) is 78.9 Å². The molecule has 0 fully saturated rings. The maximum absolute atomic E-state index is 13.4. The van der Waals surface area contributed by atoms with E-state index in [1.165, 1.54) is 11.1 Å². The third kappa shape index (κ3) is 3.49. The molecule has 1 aromatic heterocycles. The van der Waals surface area contributed by atoms with Crippen molar-refractivity contribution >= 4 is 16.7 Å². The number of benzene rings is 3. The fourth-order valence-corrected chi connectivity index (χ4v) is 3.93. The Balaban J connectivity index is 1.67. The molecule has 0 saturated carbocycles. The van der Waals surface area contributed by atoms with E-state index in [9.17, 15) is 4.79 Å². The van der Waals surface area contributed by atoms with Crippen molar-refractivity contribution in [1.29, 1.82) is 0 Å². The van der Waals surface area contributed by atoms with Crippen LogP contribution in [0.4, 0.5) is 0 Å². The molecule has 3 heteroatoms. The number of aryl methyl sites for hydroxylation is 1. The summed E-state index contributed by atoms with van der Waals surface area (Å²) in [5.41, 5.74) is 5.15. The lowest BCUT2D eigenvalue weighted by Gasteiger charge is -2.20. The molecule has 0 aliphatic heterocycles. The van der Waals surface area contributed by atoms with Crippen LogP contribution in [-0.4, -0.2) is 16.8 Å². The van der Waals surface area contributed by atoms with E-state index in [2.05, 4.69) is 58.8 Å². The number of ketones is 1. The minimum Gasteiger partial charge on any atom is -0.358 e. The molecule has 0 spiro atoms. The molecule has 4 aromatic rings. The van der Waals surface area contributed by atoms with E-state index in [-0.39, 0.29) is 17.9 Å². The molecular weight excluding hydrogens is 344 g/mol. The Hall–Kier alpha value is -3.17. The molecule has 3 N–H and O–H groups in total. The molecule has 0 saturated heterocycles. The third-order valence-corrected chi connectivity index (χ3v) is 5.35. The molecule has 0 radical (unpaired) electrons. The van der Waals surface area contributed by atoms with Crippen molar-refractivity contribution in [2.75, 3.05) is 0 Å². The molecule has 1 heterocycles. The van der Waals surface area contributed by atoms with Gasteiger partial charge in [-0.15, -0.1) is 0 Å². The lowest BCUT2D eigenvalue weighted by molar-refractivity contribution is -0.703. The number of Topliss-reactive ketones (excluding diaryl/α,β-unsaturated/α-hetero) is 1.